The van der Waals surface area contributed by atoms with Crippen molar-refractivity contribution in [1.82, 2.24) is 10.2 Å². The largest absolute Gasteiger partial charge is 0.481 e. The van der Waals surface area contributed by atoms with Crippen molar-refractivity contribution in [2.75, 3.05) is 5.32 Å². The topological polar surface area (TPSA) is 64.1 Å². The van der Waals surface area contributed by atoms with Crippen molar-refractivity contribution in [2.24, 2.45) is 0 Å². The van der Waals surface area contributed by atoms with Gasteiger partial charge in [0.15, 0.2) is 10.4 Å². The Morgan fingerprint density at radius 1 is 1.14 bits per heavy atom. The molecular weight excluding hydrogens is 397 g/mol. The van der Waals surface area contributed by atoms with Gasteiger partial charge in [0.1, 0.15) is 11.6 Å². The van der Waals surface area contributed by atoms with E-state index in [0.29, 0.717) is 16.6 Å². The van der Waals surface area contributed by atoms with Crippen molar-refractivity contribution in [2.45, 2.75) is 36.5 Å². The molecule has 146 valence electrons. The van der Waals surface area contributed by atoms with E-state index in [1.807, 2.05) is 24.3 Å². The predicted molar refractivity (Wildman–Crippen MR) is 110 cm³/mol. The molecule has 3 rings (SSSR count). The fourth-order valence-electron chi connectivity index (χ4n) is 2.31. The summed E-state index contributed by atoms with van der Waals surface area (Å²) in [6, 6.07) is 14.0. The molecule has 1 unspecified atom stereocenters. The highest BCUT2D eigenvalue weighted by Gasteiger charge is 2.17. The van der Waals surface area contributed by atoms with E-state index in [1.165, 1.54) is 40.8 Å². The first-order valence-corrected chi connectivity index (χ1v) is 10.6. The first-order valence-electron chi connectivity index (χ1n) is 8.80. The maximum atomic E-state index is 12.9. The number of nitrogens with one attached hydrogen (secondary N) is 1. The summed E-state index contributed by atoms with van der Waals surface area (Å²) in [7, 11) is 0. The van der Waals surface area contributed by atoms with Crippen LogP contribution < -0.4 is 10.1 Å². The molecule has 0 bridgehead atoms. The van der Waals surface area contributed by atoms with E-state index in [9.17, 15) is 9.18 Å². The number of nitrogens with zero attached hydrogens (tertiary/aromatic N) is 2. The monoisotopic (exact) mass is 417 g/mol. The van der Waals surface area contributed by atoms with Gasteiger partial charge in [0.25, 0.3) is 5.91 Å². The predicted octanol–water partition coefficient (Wildman–Crippen LogP) is 4.94. The molecule has 0 fully saturated rings. The van der Waals surface area contributed by atoms with Crippen LogP contribution in [-0.2, 0) is 17.0 Å². The number of halogens is 1. The summed E-state index contributed by atoms with van der Waals surface area (Å²) in [6.07, 6.45) is 0.293. The number of hydrogen-bond donors (Lipinski definition) is 1. The van der Waals surface area contributed by atoms with E-state index in [0.717, 1.165) is 16.3 Å². The Kier molecular flexibility index (Phi) is 7.00. The Morgan fingerprint density at radius 2 is 1.82 bits per heavy atom. The normalized spacial score (nSPS) is 11.8. The van der Waals surface area contributed by atoms with Gasteiger partial charge < -0.3 is 4.74 Å². The summed E-state index contributed by atoms with van der Waals surface area (Å²) >= 11 is 2.77. The zero-order chi connectivity index (χ0) is 19.9. The number of amides is 1. The number of rotatable bonds is 8. The van der Waals surface area contributed by atoms with Gasteiger partial charge >= 0.3 is 0 Å². The van der Waals surface area contributed by atoms with Gasteiger partial charge in [-0.05, 0) is 48.7 Å². The standard InChI is InChI=1S/C20H20FN3O2S2/c1-3-14-6-10-17(11-7-14)26-13(2)18(25)22-19-23-24-20(28-19)27-12-15-4-8-16(21)9-5-15/h4-11,13H,3,12H2,1-2H3,(H,22,23,25). The van der Waals surface area contributed by atoms with Gasteiger partial charge in [-0.15, -0.1) is 10.2 Å². The van der Waals surface area contributed by atoms with Crippen LogP contribution >= 0.6 is 23.1 Å². The second-order valence-electron chi connectivity index (χ2n) is 6.04. The SMILES string of the molecule is CCc1ccc(OC(C)C(=O)Nc2nnc(SCc3ccc(F)cc3)s2)cc1. The number of benzene rings is 2. The van der Waals surface area contributed by atoms with Gasteiger partial charge in [-0.2, -0.15) is 0 Å². The summed E-state index contributed by atoms with van der Waals surface area (Å²) in [5, 5.41) is 11.2. The summed E-state index contributed by atoms with van der Waals surface area (Å²) in [5.41, 5.74) is 2.20. The number of anilines is 1. The molecule has 2 aromatic carbocycles. The summed E-state index contributed by atoms with van der Waals surface area (Å²) in [6.45, 7) is 3.77. The fourth-order valence-corrected chi connectivity index (χ4v) is 4.02. The quantitative estimate of drug-likeness (QED) is 0.416. The minimum absolute atomic E-state index is 0.257. The molecular formula is C20H20FN3O2S2. The Hall–Kier alpha value is -2.45. The van der Waals surface area contributed by atoms with Gasteiger partial charge in [-0.25, -0.2) is 4.39 Å². The summed E-state index contributed by atoms with van der Waals surface area (Å²) in [5.74, 6) is 0.752. The number of aromatic nitrogens is 2. The highest BCUT2D eigenvalue weighted by Crippen LogP contribution is 2.28. The van der Waals surface area contributed by atoms with Crippen LogP contribution in [0, 0.1) is 5.82 Å². The highest BCUT2D eigenvalue weighted by molar-refractivity contribution is 8.00. The number of carbonyl (C=O) groups excluding carboxylic acids is 1. The van der Waals surface area contributed by atoms with Gasteiger partial charge in [0.2, 0.25) is 5.13 Å². The maximum Gasteiger partial charge on any atom is 0.266 e. The summed E-state index contributed by atoms with van der Waals surface area (Å²) in [4.78, 5) is 12.3. The molecule has 8 heteroatoms. The Balaban J connectivity index is 1.50. The molecule has 1 aromatic heterocycles. The van der Waals surface area contributed by atoms with Crippen LogP contribution in [0.3, 0.4) is 0 Å². The molecule has 0 aliphatic rings. The molecule has 3 aromatic rings. The average molecular weight is 418 g/mol. The zero-order valence-electron chi connectivity index (χ0n) is 15.5. The highest BCUT2D eigenvalue weighted by atomic mass is 32.2. The maximum absolute atomic E-state index is 12.9. The molecule has 1 atom stereocenters. The molecule has 5 nitrogen and oxygen atoms in total. The van der Waals surface area contributed by atoms with E-state index in [4.69, 9.17) is 4.74 Å². The lowest BCUT2D eigenvalue weighted by molar-refractivity contribution is -0.122. The average Bonchev–Trinajstić information content (AvgIpc) is 3.15. The van der Waals surface area contributed by atoms with Crippen molar-refractivity contribution in [3.8, 4) is 5.75 Å². The van der Waals surface area contributed by atoms with E-state index >= 15 is 0 Å². The van der Waals surface area contributed by atoms with E-state index < -0.39 is 6.10 Å². The molecule has 0 radical (unpaired) electrons. The second-order valence-corrected chi connectivity index (χ2v) is 8.24. The van der Waals surface area contributed by atoms with Crippen LogP contribution in [0.4, 0.5) is 9.52 Å². The van der Waals surface area contributed by atoms with Crippen LogP contribution in [0.5, 0.6) is 5.75 Å². The van der Waals surface area contributed by atoms with Gasteiger partial charge in [-0.3, -0.25) is 10.1 Å². The lowest BCUT2D eigenvalue weighted by atomic mass is 10.2. The molecule has 1 amide bonds. The Labute approximate surface area is 171 Å². The molecule has 0 saturated heterocycles. The third-order valence-electron chi connectivity index (χ3n) is 3.93. The van der Waals surface area contributed by atoms with E-state index in [1.54, 1.807) is 19.1 Å². The number of aryl methyl sites for hydroxylation is 1. The van der Waals surface area contributed by atoms with Crippen LogP contribution in [0.15, 0.2) is 52.9 Å². The number of ether oxygens (including phenoxy) is 1. The minimum atomic E-state index is -0.660. The van der Waals surface area contributed by atoms with Gasteiger partial charge in [-0.1, -0.05) is 54.3 Å². The number of hydrogen-bond acceptors (Lipinski definition) is 6. The Morgan fingerprint density at radius 3 is 2.50 bits per heavy atom. The molecule has 0 spiro atoms. The molecule has 1 N–H and O–H groups in total. The number of carbonyl (C=O) groups is 1. The van der Waals surface area contributed by atoms with Crippen LogP contribution in [-0.4, -0.2) is 22.2 Å². The van der Waals surface area contributed by atoms with Crippen molar-refractivity contribution in [3.63, 3.8) is 0 Å². The first-order chi connectivity index (χ1) is 13.5. The van der Waals surface area contributed by atoms with Gasteiger partial charge in [0.05, 0.1) is 0 Å². The third-order valence-corrected chi connectivity index (χ3v) is 5.97. The molecule has 1 heterocycles. The van der Waals surface area contributed by atoms with Crippen LogP contribution in [0.2, 0.25) is 0 Å². The van der Waals surface area contributed by atoms with Crippen molar-refractivity contribution in [1.29, 1.82) is 0 Å². The van der Waals surface area contributed by atoms with E-state index in [-0.39, 0.29) is 11.7 Å². The van der Waals surface area contributed by atoms with E-state index in [2.05, 4.69) is 22.4 Å². The van der Waals surface area contributed by atoms with Crippen molar-refractivity contribution >= 4 is 34.1 Å². The van der Waals surface area contributed by atoms with Crippen LogP contribution in [0.25, 0.3) is 0 Å². The van der Waals surface area contributed by atoms with Gasteiger partial charge in [0, 0.05) is 5.75 Å². The molecule has 0 aliphatic heterocycles. The Bertz CT molecular complexity index is 914. The summed E-state index contributed by atoms with van der Waals surface area (Å²) < 4.78 is 19.3. The zero-order valence-corrected chi connectivity index (χ0v) is 17.1. The lowest BCUT2D eigenvalue weighted by Crippen LogP contribution is -2.30. The lowest BCUT2D eigenvalue weighted by Gasteiger charge is -2.13. The molecule has 0 aliphatic carbocycles. The number of thioether (sulfide) groups is 1. The molecule has 28 heavy (non-hydrogen) atoms. The minimum Gasteiger partial charge on any atom is -0.481 e. The van der Waals surface area contributed by atoms with Crippen molar-refractivity contribution < 1.29 is 13.9 Å². The molecule has 0 saturated carbocycles. The smallest absolute Gasteiger partial charge is 0.266 e. The first kappa shape index (κ1) is 20.3. The fraction of sp³-hybridized carbons (Fsp3) is 0.250. The second kappa shape index (κ2) is 9.66. The van der Waals surface area contributed by atoms with Crippen LogP contribution in [0.1, 0.15) is 25.0 Å². The third kappa shape index (κ3) is 5.77. The van der Waals surface area contributed by atoms with Crippen molar-refractivity contribution in [3.05, 3.63) is 65.5 Å².